The van der Waals surface area contributed by atoms with E-state index in [0.717, 1.165) is 5.56 Å². The minimum absolute atomic E-state index is 0.0420. The van der Waals surface area contributed by atoms with Crippen molar-refractivity contribution in [2.75, 3.05) is 0 Å². The molecule has 102 valence electrons. The van der Waals surface area contributed by atoms with E-state index in [4.69, 9.17) is 5.26 Å². The van der Waals surface area contributed by atoms with Crippen molar-refractivity contribution in [3.8, 4) is 6.07 Å². The van der Waals surface area contributed by atoms with Crippen molar-refractivity contribution in [2.45, 2.75) is 0 Å². The van der Waals surface area contributed by atoms with Crippen LogP contribution in [0, 0.1) is 21.4 Å². The van der Waals surface area contributed by atoms with Crippen LogP contribution in [0.25, 0.3) is 11.6 Å². The first-order valence-electron chi connectivity index (χ1n) is 6.29. The third-order valence-corrected chi connectivity index (χ3v) is 2.88. The van der Waals surface area contributed by atoms with Crippen LogP contribution in [-0.2, 0) is 0 Å². The van der Waals surface area contributed by atoms with E-state index in [0.29, 0.717) is 11.1 Å². The molecule has 0 atom stereocenters. The van der Waals surface area contributed by atoms with Gasteiger partial charge in [-0.2, -0.15) is 5.26 Å². The molecule has 0 spiro atoms. The van der Waals surface area contributed by atoms with Crippen molar-refractivity contribution < 1.29 is 4.92 Å². The number of hydrogen-bond acceptors (Lipinski definition) is 3. The van der Waals surface area contributed by atoms with Crippen LogP contribution >= 0.6 is 0 Å². The highest BCUT2D eigenvalue weighted by Gasteiger charge is 2.08. The number of nitro groups is 1. The summed E-state index contributed by atoms with van der Waals surface area (Å²) in [6.07, 6.45) is 4.92. The molecule has 0 radical (unpaired) electrons. The molecule has 0 bridgehead atoms. The van der Waals surface area contributed by atoms with Crippen LogP contribution < -0.4 is 0 Å². The van der Waals surface area contributed by atoms with Crippen molar-refractivity contribution in [2.24, 2.45) is 0 Å². The summed E-state index contributed by atoms with van der Waals surface area (Å²) in [6.45, 7) is 0. The SMILES string of the molecule is N#CC(=CC=Cc1ccccc1[N+](=O)[O-])c1ccccc1. The Balaban J connectivity index is 2.28. The molecule has 0 aliphatic rings. The van der Waals surface area contributed by atoms with Crippen LogP contribution in [0.4, 0.5) is 5.69 Å². The summed E-state index contributed by atoms with van der Waals surface area (Å²) in [4.78, 5) is 10.5. The predicted molar refractivity (Wildman–Crippen MR) is 82.2 cm³/mol. The van der Waals surface area contributed by atoms with Crippen molar-refractivity contribution >= 4 is 17.3 Å². The third kappa shape index (κ3) is 3.64. The Morgan fingerprint density at radius 3 is 2.43 bits per heavy atom. The summed E-state index contributed by atoms with van der Waals surface area (Å²) >= 11 is 0. The second kappa shape index (κ2) is 6.83. The molecular weight excluding hydrogens is 264 g/mol. The van der Waals surface area contributed by atoms with E-state index in [1.807, 2.05) is 30.3 Å². The summed E-state index contributed by atoms with van der Waals surface area (Å²) < 4.78 is 0. The maximum atomic E-state index is 10.9. The highest BCUT2D eigenvalue weighted by molar-refractivity contribution is 5.78. The van der Waals surface area contributed by atoms with Gasteiger partial charge in [0.2, 0.25) is 0 Å². The zero-order valence-electron chi connectivity index (χ0n) is 11.1. The van der Waals surface area contributed by atoms with Crippen molar-refractivity contribution in [1.82, 2.24) is 0 Å². The fourth-order valence-electron chi connectivity index (χ4n) is 1.86. The molecule has 0 saturated heterocycles. The van der Waals surface area contributed by atoms with Gasteiger partial charge in [0.25, 0.3) is 5.69 Å². The van der Waals surface area contributed by atoms with Gasteiger partial charge in [-0.05, 0) is 23.8 Å². The Hall–Kier alpha value is -3.19. The largest absolute Gasteiger partial charge is 0.276 e. The molecule has 21 heavy (non-hydrogen) atoms. The number of rotatable bonds is 4. The summed E-state index contributed by atoms with van der Waals surface area (Å²) in [6, 6.07) is 17.9. The first-order valence-corrected chi connectivity index (χ1v) is 6.29. The fraction of sp³-hybridized carbons (Fsp3) is 0. The Bertz CT molecular complexity index is 741. The summed E-state index contributed by atoms with van der Waals surface area (Å²) in [5, 5.41) is 20.1. The number of nitriles is 1. The van der Waals surface area contributed by atoms with E-state index in [1.165, 1.54) is 6.07 Å². The first kappa shape index (κ1) is 14.2. The molecule has 2 aromatic rings. The molecule has 0 amide bonds. The second-order valence-electron chi connectivity index (χ2n) is 4.23. The Morgan fingerprint density at radius 2 is 1.76 bits per heavy atom. The standard InChI is InChI=1S/C17H12N2O2/c18-13-16(14-7-2-1-3-8-14)11-6-10-15-9-4-5-12-17(15)19(20)21/h1-12H. The Morgan fingerprint density at radius 1 is 1.10 bits per heavy atom. The molecule has 0 N–H and O–H groups in total. The maximum Gasteiger partial charge on any atom is 0.276 e. The van der Waals surface area contributed by atoms with Crippen molar-refractivity contribution in [3.63, 3.8) is 0 Å². The van der Waals surface area contributed by atoms with E-state index in [2.05, 4.69) is 6.07 Å². The number of hydrogen-bond donors (Lipinski definition) is 0. The average molecular weight is 276 g/mol. The molecule has 2 rings (SSSR count). The molecule has 4 nitrogen and oxygen atoms in total. The van der Waals surface area contributed by atoms with Gasteiger partial charge in [-0.25, -0.2) is 0 Å². The van der Waals surface area contributed by atoms with E-state index >= 15 is 0 Å². The lowest BCUT2D eigenvalue weighted by Crippen LogP contribution is -1.90. The molecule has 0 fully saturated rings. The number of para-hydroxylation sites is 1. The van der Waals surface area contributed by atoms with Gasteiger partial charge in [0, 0.05) is 6.07 Å². The van der Waals surface area contributed by atoms with E-state index in [-0.39, 0.29) is 5.69 Å². The van der Waals surface area contributed by atoms with Crippen LogP contribution in [0.1, 0.15) is 11.1 Å². The van der Waals surface area contributed by atoms with E-state index in [9.17, 15) is 10.1 Å². The van der Waals surface area contributed by atoms with Crippen LogP contribution in [-0.4, -0.2) is 4.92 Å². The smallest absolute Gasteiger partial charge is 0.258 e. The van der Waals surface area contributed by atoms with Crippen molar-refractivity contribution in [3.05, 3.63) is 88.0 Å². The number of nitro benzene ring substituents is 1. The quantitative estimate of drug-likeness (QED) is 0.363. The van der Waals surface area contributed by atoms with Gasteiger partial charge in [-0.1, -0.05) is 48.5 Å². The number of allylic oxidation sites excluding steroid dienone is 3. The normalized spacial score (nSPS) is 11.3. The lowest BCUT2D eigenvalue weighted by molar-refractivity contribution is -0.385. The molecular formula is C17H12N2O2. The molecule has 0 aliphatic heterocycles. The minimum atomic E-state index is -0.425. The van der Waals surface area contributed by atoms with Gasteiger partial charge in [-0.3, -0.25) is 10.1 Å². The number of benzene rings is 2. The third-order valence-electron chi connectivity index (χ3n) is 2.88. The first-order chi connectivity index (χ1) is 10.2. The van der Waals surface area contributed by atoms with Crippen LogP contribution in [0.5, 0.6) is 0 Å². The lowest BCUT2D eigenvalue weighted by Gasteiger charge is -1.97. The van der Waals surface area contributed by atoms with Crippen LogP contribution in [0.3, 0.4) is 0 Å². The fourth-order valence-corrected chi connectivity index (χ4v) is 1.86. The minimum Gasteiger partial charge on any atom is -0.258 e. The molecule has 0 heterocycles. The van der Waals surface area contributed by atoms with Gasteiger partial charge in [0.05, 0.1) is 22.1 Å². The highest BCUT2D eigenvalue weighted by atomic mass is 16.6. The predicted octanol–water partition coefficient (Wildman–Crippen LogP) is 4.22. The Labute approximate surface area is 122 Å². The zero-order valence-corrected chi connectivity index (χ0v) is 11.1. The van der Waals surface area contributed by atoms with Gasteiger partial charge in [0.15, 0.2) is 0 Å². The maximum absolute atomic E-state index is 10.9. The van der Waals surface area contributed by atoms with E-state index < -0.39 is 4.92 Å². The summed E-state index contributed by atoms with van der Waals surface area (Å²) in [5.74, 6) is 0. The van der Waals surface area contributed by atoms with Gasteiger partial charge < -0.3 is 0 Å². The molecule has 2 aromatic carbocycles. The molecule has 0 unspecified atom stereocenters. The van der Waals surface area contributed by atoms with Crippen LogP contribution in [0.15, 0.2) is 66.7 Å². The van der Waals surface area contributed by atoms with Gasteiger partial charge in [-0.15, -0.1) is 0 Å². The topological polar surface area (TPSA) is 66.9 Å². The molecule has 4 heteroatoms. The van der Waals surface area contributed by atoms with E-state index in [1.54, 1.807) is 36.4 Å². The second-order valence-corrected chi connectivity index (χ2v) is 4.23. The van der Waals surface area contributed by atoms with Crippen molar-refractivity contribution in [1.29, 1.82) is 5.26 Å². The van der Waals surface area contributed by atoms with Gasteiger partial charge >= 0.3 is 0 Å². The Kier molecular flexibility index (Phi) is 4.62. The summed E-state index contributed by atoms with van der Waals surface area (Å²) in [5.41, 5.74) is 1.86. The number of nitrogens with zero attached hydrogens (tertiary/aromatic N) is 2. The lowest BCUT2D eigenvalue weighted by atomic mass is 10.1. The monoisotopic (exact) mass is 276 g/mol. The average Bonchev–Trinajstić information content (AvgIpc) is 2.52. The molecule has 0 aromatic heterocycles. The van der Waals surface area contributed by atoms with Crippen LogP contribution in [0.2, 0.25) is 0 Å². The highest BCUT2D eigenvalue weighted by Crippen LogP contribution is 2.19. The zero-order chi connectivity index (χ0) is 15.1. The summed E-state index contributed by atoms with van der Waals surface area (Å²) in [7, 11) is 0. The molecule has 0 saturated carbocycles. The molecule has 0 aliphatic carbocycles. The van der Waals surface area contributed by atoms with Gasteiger partial charge in [0.1, 0.15) is 0 Å².